The molecule has 3 rings (SSSR count). The summed E-state index contributed by atoms with van der Waals surface area (Å²) < 4.78 is 2.24. The molecule has 0 aliphatic heterocycles. The van der Waals surface area contributed by atoms with Crippen LogP contribution in [0.3, 0.4) is 0 Å². The Morgan fingerprint density at radius 3 is 2.90 bits per heavy atom. The first-order valence-corrected chi connectivity index (χ1v) is 7.66. The molecule has 4 N–H and O–H groups in total. The van der Waals surface area contributed by atoms with Crippen LogP contribution < -0.4 is 11.1 Å². The summed E-state index contributed by atoms with van der Waals surface area (Å²) in [6.07, 6.45) is 0. The van der Waals surface area contributed by atoms with Gasteiger partial charge in [-0.05, 0) is 35.7 Å². The molecule has 3 aromatic rings. The number of nitrogens with two attached hydrogens (primary N) is 1. The van der Waals surface area contributed by atoms with Gasteiger partial charge in [-0.25, -0.2) is 0 Å². The number of rotatable bonds is 3. The first kappa shape index (κ1) is 13.0. The maximum atomic E-state index is 12.1. The third-order valence-corrected chi connectivity index (χ3v) is 5.00. The molecule has 0 aliphatic rings. The number of nitrogen functional groups attached to an aromatic ring is 1. The Hall–Kier alpha value is -2.05. The molecule has 20 heavy (non-hydrogen) atoms. The van der Waals surface area contributed by atoms with E-state index in [9.17, 15) is 9.90 Å². The fraction of sp³-hybridized carbons (Fsp3) is 0.0714. The number of benzene rings is 1. The average Bonchev–Trinajstić information content (AvgIpc) is 3.00. The number of thiophene rings is 2. The largest absolute Gasteiger partial charge is 0.508 e. The third-order valence-electron chi connectivity index (χ3n) is 2.91. The van der Waals surface area contributed by atoms with Crippen molar-refractivity contribution in [3.05, 3.63) is 46.2 Å². The fourth-order valence-electron chi connectivity index (χ4n) is 1.89. The van der Waals surface area contributed by atoms with Crippen LogP contribution in [-0.2, 0) is 6.54 Å². The van der Waals surface area contributed by atoms with Gasteiger partial charge in [-0.3, -0.25) is 4.79 Å². The van der Waals surface area contributed by atoms with Crippen LogP contribution in [0.15, 0.2) is 35.7 Å². The second kappa shape index (κ2) is 5.15. The Morgan fingerprint density at radius 1 is 1.25 bits per heavy atom. The molecule has 0 unspecified atom stereocenters. The molecule has 0 radical (unpaired) electrons. The number of hydrogen-bond donors (Lipinski definition) is 3. The minimum Gasteiger partial charge on any atom is -0.508 e. The molecule has 2 aromatic heterocycles. The van der Waals surface area contributed by atoms with Crippen LogP contribution in [0.25, 0.3) is 9.40 Å². The summed E-state index contributed by atoms with van der Waals surface area (Å²) in [5, 5.41) is 14.5. The third kappa shape index (κ3) is 2.48. The van der Waals surface area contributed by atoms with E-state index in [1.165, 1.54) is 17.4 Å². The second-order valence-corrected chi connectivity index (χ2v) is 6.36. The summed E-state index contributed by atoms with van der Waals surface area (Å²) in [5.41, 5.74) is 6.83. The van der Waals surface area contributed by atoms with E-state index >= 15 is 0 Å². The van der Waals surface area contributed by atoms with Gasteiger partial charge in [0.15, 0.2) is 0 Å². The zero-order chi connectivity index (χ0) is 14.1. The molecule has 0 bridgehead atoms. The van der Waals surface area contributed by atoms with Crippen LogP contribution >= 0.6 is 22.7 Å². The number of hydrogen-bond acceptors (Lipinski definition) is 5. The van der Waals surface area contributed by atoms with Crippen LogP contribution in [0, 0.1) is 0 Å². The number of carbonyl (C=O) groups excluding carboxylic acids is 1. The maximum absolute atomic E-state index is 12.1. The normalized spacial score (nSPS) is 10.8. The van der Waals surface area contributed by atoms with Crippen molar-refractivity contribution in [3.8, 4) is 5.75 Å². The molecule has 4 nitrogen and oxygen atoms in total. The summed E-state index contributed by atoms with van der Waals surface area (Å²) in [5.74, 6) is -0.00751. The molecule has 6 heteroatoms. The Labute approximate surface area is 123 Å². The van der Waals surface area contributed by atoms with Crippen molar-refractivity contribution in [2.24, 2.45) is 0 Å². The first-order valence-electron chi connectivity index (χ1n) is 5.96. The highest BCUT2D eigenvalue weighted by atomic mass is 32.1. The van der Waals surface area contributed by atoms with Gasteiger partial charge in [-0.1, -0.05) is 0 Å². The SMILES string of the molecule is Nc1ccc(O)c(CNC(=O)c2cc3sccc3s2)c1. The minimum absolute atomic E-state index is 0.131. The molecule has 0 atom stereocenters. The number of phenols is 1. The summed E-state index contributed by atoms with van der Waals surface area (Å²) in [6.45, 7) is 0.251. The van der Waals surface area contributed by atoms with Crippen molar-refractivity contribution in [3.63, 3.8) is 0 Å². The topological polar surface area (TPSA) is 75.3 Å². The zero-order valence-corrected chi connectivity index (χ0v) is 12.1. The minimum atomic E-state index is -0.139. The quantitative estimate of drug-likeness (QED) is 0.514. The Balaban J connectivity index is 1.73. The second-order valence-electron chi connectivity index (χ2n) is 4.33. The molecule has 0 spiro atoms. The van der Waals surface area contributed by atoms with Gasteiger partial charge in [0.2, 0.25) is 0 Å². The lowest BCUT2D eigenvalue weighted by molar-refractivity contribution is 0.0955. The number of aromatic hydroxyl groups is 1. The summed E-state index contributed by atoms with van der Waals surface area (Å²) in [7, 11) is 0. The number of amides is 1. The van der Waals surface area contributed by atoms with Gasteiger partial charge in [0.05, 0.1) is 4.88 Å². The van der Waals surface area contributed by atoms with Gasteiger partial charge in [0, 0.05) is 27.2 Å². The summed E-state index contributed by atoms with van der Waals surface area (Å²) in [6, 6.07) is 8.69. The van der Waals surface area contributed by atoms with E-state index in [0.29, 0.717) is 16.1 Å². The molecule has 0 saturated heterocycles. The lowest BCUT2D eigenvalue weighted by Gasteiger charge is -2.07. The standard InChI is InChI=1S/C14H12N2O2S2/c15-9-1-2-10(17)8(5-9)7-16-14(18)13-6-12-11(20-13)3-4-19-12/h1-6,17H,7,15H2,(H,16,18). The first-order chi connectivity index (χ1) is 9.63. The lowest BCUT2D eigenvalue weighted by atomic mass is 10.2. The summed E-state index contributed by atoms with van der Waals surface area (Å²) in [4.78, 5) is 12.7. The van der Waals surface area contributed by atoms with Crippen LogP contribution in [0.1, 0.15) is 15.2 Å². The van der Waals surface area contributed by atoms with Crippen molar-refractivity contribution in [2.75, 3.05) is 5.73 Å². The molecule has 0 aliphatic carbocycles. The highest BCUT2D eigenvalue weighted by Crippen LogP contribution is 2.30. The van der Waals surface area contributed by atoms with E-state index in [1.54, 1.807) is 23.5 Å². The van der Waals surface area contributed by atoms with Gasteiger partial charge in [-0.2, -0.15) is 0 Å². The molecule has 0 fully saturated rings. The predicted molar refractivity (Wildman–Crippen MR) is 83.4 cm³/mol. The number of anilines is 1. The van der Waals surface area contributed by atoms with Crippen molar-refractivity contribution >= 4 is 43.7 Å². The van der Waals surface area contributed by atoms with Crippen molar-refractivity contribution < 1.29 is 9.90 Å². The Bertz CT molecular complexity index is 748. The van der Waals surface area contributed by atoms with Crippen LogP contribution in [0.4, 0.5) is 5.69 Å². The van der Waals surface area contributed by atoms with Crippen molar-refractivity contribution in [1.29, 1.82) is 0 Å². The molecule has 102 valence electrons. The number of carbonyl (C=O) groups is 1. The number of phenolic OH excluding ortho intramolecular Hbond substituents is 1. The van der Waals surface area contributed by atoms with Crippen LogP contribution in [0.2, 0.25) is 0 Å². The van der Waals surface area contributed by atoms with Gasteiger partial charge >= 0.3 is 0 Å². The van der Waals surface area contributed by atoms with Gasteiger partial charge in [0.25, 0.3) is 5.91 Å². The van der Waals surface area contributed by atoms with Crippen molar-refractivity contribution in [1.82, 2.24) is 5.32 Å². The van der Waals surface area contributed by atoms with Gasteiger partial charge < -0.3 is 16.2 Å². The molecule has 1 aromatic carbocycles. The van der Waals surface area contributed by atoms with E-state index in [-0.39, 0.29) is 18.2 Å². The highest BCUT2D eigenvalue weighted by Gasteiger charge is 2.11. The van der Waals surface area contributed by atoms with Crippen molar-refractivity contribution in [2.45, 2.75) is 6.54 Å². The molecule has 0 saturated carbocycles. The maximum Gasteiger partial charge on any atom is 0.261 e. The van der Waals surface area contributed by atoms with E-state index in [4.69, 9.17) is 5.73 Å². The van der Waals surface area contributed by atoms with E-state index in [1.807, 2.05) is 17.5 Å². The van der Waals surface area contributed by atoms with Crippen LogP contribution in [-0.4, -0.2) is 11.0 Å². The zero-order valence-electron chi connectivity index (χ0n) is 10.4. The van der Waals surface area contributed by atoms with Gasteiger partial charge in [0.1, 0.15) is 5.75 Å². The van der Waals surface area contributed by atoms with E-state index in [2.05, 4.69) is 5.32 Å². The average molecular weight is 304 g/mol. The highest BCUT2D eigenvalue weighted by molar-refractivity contribution is 7.27. The number of nitrogens with one attached hydrogen (secondary N) is 1. The number of fused-ring (bicyclic) bond motifs is 1. The Morgan fingerprint density at radius 2 is 2.10 bits per heavy atom. The smallest absolute Gasteiger partial charge is 0.261 e. The molecular weight excluding hydrogens is 292 g/mol. The fourth-order valence-corrected chi connectivity index (χ4v) is 3.91. The lowest BCUT2D eigenvalue weighted by Crippen LogP contribution is -2.21. The summed E-state index contributed by atoms with van der Waals surface area (Å²) >= 11 is 3.08. The predicted octanol–water partition coefficient (Wildman–Crippen LogP) is 3.18. The Kier molecular flexibility index (Phi) is 3.33. The molecule has 2 heterocycles. The molecule has 1 amide bonds. The monoisotopic (exact) mass is 304 g/mol. The molecular formula is C14H12N2O2S2. The van der Waals surface area contributed by atoms with Crippen LogP contribution in [0.5, 0.6) is 5.75 Å². The van der Waals surface area contributed by atoms with E-state index in [0.717, 1.165) is 9.40 Å². The van der Waals surface area contributed by atoms with Gasteiger partial charge in [-0.15, -0.1) is 22.7 Å². The van der Waals surface area contributed by atoms with E-state index < -0.39 is 0 Å².